The van der Waals surface area contributed by atoms with Crippen molar-refractivity contribution in [2.45, 2.75) is 29.6 Å². The molecule has 0 aliphatic carbocycles. The number of benzene rings is 1. The molecule has 10 heteroatoms. The van der Waals surface area contributed by atoms with Gasteiger partial charge in [0.1, 0.15) is 0 Å². The Balaban J connectivity index is 1.68. The predicted octanol–water partition coefficient (Wildman–Crippen LogP) is 1.06. The van der Waals surface area contributed by atoms with Gasteiger partial charge in [-0.25, -0.2) is 18.0 Å². The highest BCUT2D eigenvalue weighted by Crippen LogP contribution is 2.33. The molecule has 3 amide bonds. The normalized spacial score (nSPS) is 22.3. The van der Waals surface area contributed by atoms with Gasteiger partial charge in [-0.1, -0.05) is 12.1 Å². The van der Waals surface area contributed by atoms with Crippen LogP contribution in [-0.2, 0) is 19.4 Å². The lowest BCUT2D eigenvalue weighted by molar-refractivity contribution is -0.136. The van der Waals surface area contributed by atoms with Crippen LogP contribution < -0.4 is 5.32 Å². The Labute approximate surface area is 161 Å². The molecule has 2 atom stereocenters. The van der Waals surface area contributed by atoms with E-state index in [1.807, 2.05) is 0 Å². The molecule has 2 aliphatic rings. The van der Waals surface area contributed by atoms with E-state index in [0.717, 1.165) is 4.90 Å². The molecule has 2 fully saturated rings. The Hall–Kier alpha value is -2.07. The summed E-state index contributed by atoms with van der Waals surface area (Å²) in [6, 6.07) is 6.24. The van der Waals surface area contributed by atoms with E-state index in [1.54, 1.807) is 24.3 Å². The minimum Gasteiger partial charge on any atom is -0.449 e. The van der Waals surface area contributed by atoms with Gasteiger partial charge in [-0.3, -0.25) is 9.69 Å². The molecule has 3 rings (SSSR count). The van der Waals surface area contributed by atoms with Gasteiger partial charge < -0.3 is 10.1 Å². The zero-order chi connectivity index (χ0) is 19.6. The molecular weight excluding hydrogens is 392 g/mol. The van der Waals surface area contributed by atoms with Crippen LogP contribution in [0.1, 0.15) is 23.7 Å². The number of carbonyl (C=O) groups is 3. The molecule has 0 spiro atoms. The van der Waals surface area contributed by atoms with Crippen LogP contribution in [0.4, 0.5) is 4.79 Å². The summed E-state index contributed by atoms with van der Waals surface area (Å²) < 4.78 is 28.5. The van der Waals surface area contributed by atoms with Gasteiger partial charge in [-0.2, -0.15) is 0 Å². The molecule has 2 saturated heterocycles. The lowest BCUT2D eigenvalue weighted by Gasteiger charge is -2.19. The number of hydrogen-bond acceptors (Lipinski definition) is 7. The summed E-state index contributed by atoms with van der Waals surface area (Å²) in [7, 11) is -3.02. The van der Waals surface area contributed by atoms with Gasteiger partial charge >= 0.3 is 12.0 Å². The van der Waals surface area contributed by atoms with E-state index in [4.69, 9.17) is 4.74 Å². The fourth-order valence-electron chi connectivity index (χ4n) is 2.95. The zero-order valence-electron chi connectivity index (χ0n) is 14.7. The third kappa shape index (κ3) is 4.62. The Morgan fingerprint density at radius 2 is 2.07 bits per heavy atom. The summed E-state index contributed by atoms with van der Waals surface area (Å²) in [5, 5.41) is 2.41. The highest BCUT2D eigenvalue weighted by molar-refractivity contribution is 8.02. The van der Waals surface area contributed by atoms with E-state index >= 15 is 0 Å². The average molecular weight is 412 g/mol. The molecule has 1 aromatic carbocycles. The Morgan fingerprint density at radius 1 is 1.33 bits per heavy atom. The first-order valence-electron chi connectivity index (χ1n) is 8.53. The van der Waals surface area contributed by atoms with E-state index in [1.165, 1.54) is 18.7 Å². The summed E-state index contributed by atoms with van der Waals surface area (Å²) in [6.45, 7) is 2.03. The van der Waals surface area contributed by atoms with Gasteiger partial charge in [0.2, 0.25) is 0 Å². The minimum absolute atomic E-state index is 0.0833. The smallest absolute Gasteiger partial charge is 0.340 e. The maximum Gasteiger partial charge on any atom is 0.340 e. The number of thioether (sulfide) groups is 1. The maximum atomic E-state index is 12.6. The molecule has 0 bridgehead atoms. The molecule has 8 nitrogen and oxygen atoms in total. The molecule has 1 N–H and O–H groups in total. The highest BCUT2D eigenvalue weighted by atomic mass is 32.2. The number of rotatable bonds is 5. The van der Waals surface area contributed by atoms with Crippen molar-refractivity contribution in [3.05, 3.63) is 29.8 Å². The number of hydrogen-bond donors (Lipinski definition) is 1. The summed E-state index contributed by atoms with van der Waals surface area (Å²) in [5.74, 6) is -1.02. The number of nitrogens with one attached hydrogen (secondary N) is 1. The lowest BCUT2D eigenvalue weighted by Crippen LogP contribution is -2.41. The highest BCUT2D eigenvalue weighted by Gasteiger charge is 2.33. The maximum absolute atomic E-state index is 12.6. The molecule has 0 saturated carbocycles. The molecule has 27 heavy (non-hydrogen) atoms. The van der Waals surface area contributed by atoms with Crippen LogP contribution >= 0.6 is 11.8 Å². The second kappa shape index (κ2) is 7.89. The second-order valence-electron chi connectivity index (χ2n) is 6.41. The van der Waals surface area contributed by atoms with Crippen LogP contribution in [0.15, 0.2) is 29.2 Å². The van der Waals surface area contributed by atoms with Gasteiger partial charge in [0.05, 0.1) is 17.1 Å². The Bertz CT molecular complexity index is 870. The lowest BCUT2D eigenvalue weighted by atomic mass is 10.2. The van der Waals surface area contributed by atoms with Crippen LogP contribution in [0.3, 0.4) is 0 Å². The van der Waals surface area contributed by atoms with Gasteiger partial charge in [-0.15, -0.1) is 11.8 Å². The molecule has 0 unspecified atom stereocenters. The first-order chi connectivity index (χ1) is 12.8. The Morgan fingerprint density at radius 3 is 2.70 bits per heavy atom. The van der Waals surface area contributed by atoms with Crippen molar-refractivity contribution >= 4 is 39.5 Å². The van der Waals surface area contributed by atoms with Crippen LogP contribution in [0.2, 0.25) is 0 Å². The van der Waals surface area contributed by atoms with Crippen molar-refractivity contribution in [1.82, 2.24) is 10.2 Å². The summed E-state index contributed by atoms with van der Waals surface area (Å²) in [4.78, 5) is 38.0. The third-order valence-electron chi connectivity index (χ3n) is 4.35. The number of ether oxygens (including phenoxy) is 1. The zero-order valence-corrected chi connectivity index (χ0v) is 16.3. The summed E-state index contributed by atoms with van der Waals surface area (Å²) in [5.41, 5.74) is 0.275. The van der Waals surface area contributed by atoms with Gasteiger partial charge in [0.25, 0.3) is 5.91 Å². The van der Waals surface area contributed by atoms with Crippen molar-refractivity contribution in [2.75, 3.05) is 24.6 Å². The van der Waals surface area contributed by atoms with E-state index < -0.39 is 33.8 Å². The SMILES string of the molecule is C[C@H](OC(=O)c1ccccc1S[C@@H]1CCS(=O)(=O)C1)C(=O)N1CCNC1=O. The molecule has 1 aromatic rings. The molecule has 0 aromatic heterocycles. The van der Waals surface area contributed by atoms with Crippen molar-refractivity contribution < 1.29 is 27.5 Å². The standard InChI is InChI=1S/C17H20N2O6S2/c1-11(15(20)19-8-7-18-17(19)22)25-16(21)13-4-2-3-5-14(13)26-12-6-9-27(23,24)10-12/h2-5,11-12H,6-10H2,1H3,(H,18,22)/t11-,12+/m0/s1. The third-order valence-corrected chi connectivity index (χ3v) is 7.67. The van der Waals surface area contributed by atoms with E-state index in [-0.39, 0.29) is 28.9 Å². The molecule has 2 heterocycles. The molecular formula is C17H20N2O6S2. The number of urea groups is 1. The minimum atomic E-state index is -3.02. The number of sulfone groups is 1. The first-order valence-corrected chi connectivity index (χ1v) is 11.2. The fourth-order valence-corrected chi connectivity index (χ4v) is 6.56. The van der Waals surface area contributed by atoms with Crippen molar-refractivity contribution in [3.63, 3.8) is 0 Å². The average Bonchev–Trinajstić information content (AvgIpc) is 3.19. The van der Waals surface area contributed by atoms with Gasteiger partial charge in [-0.05, 0) is 25.5 Å². The summed E-state index contributed by atoms with van der Waals surface area (Å²) in [6.07, 6.45) is -0.568. The number of nitrogens with zero attached hydrogens (tertiary/aromatic N) is 1. The molecule has 0 radical (unpaired) electrons. The van der Waals surface area contributed by atoms with Crippen LogP contribution in [0.25, 0.3) is 0 Å². The van der Waals surface area contributed by atoms with Gasteiger partial charge in [0.15, 0.2) is 15.9 Å². The number of amides is 3. The van der Waals surface area contributed by atoms with E-state index in [2.05, 4.69) is 5.32 Å². The van der Waals surface area contributed by atoms with Gasteiger partial charge in [0, 0.05) is 23.2 Å². The van der Waals surface area contributed by atoms with Crippen LogP contribution in [-0.4, -0.2) is 67.2 Å². The van der Waals surface area contributed by atoms with E-state index in [0.29, 0.717) is 17.9 Å². The largest absolute Gasteiger partial charge is 0.449 e. The number of carbonyl (C=O) groups excluding carboxylic acids is 3. The first kappa shape index (κ1) is 19.7. The van der Waals surface area contributed by atoms with Crippen LogP contribution in [0.5, 0.6) is 0 Å². The molecule has 146 valence electrons. The monoisotopic (exact) mass is 412 g/mol. The number of imide groups is 1. The van der Waals surface area contributed by atoms with Crippen molar-refractivity contribution in [2.24, 2.45) is 0 Å². The van der Waals surface area contributed by atoms with Crippen molar-refractivity contribution in [3.8, 4) is 0 Å². The van der Waals surface area contributed by atoms with E-state index in [9.17, 15) is 22.8 Å². The topological polar surface area (TPSA) is 110 Å². The quantitative estimate of drug-likeness (QED) is 0.720. The summed E-state index contributed by atoms with van der Waals surface area (Å²) >= 11 is 1.33. The van der Waals surface area contributed by atoms with Crippen molar-refractivity contribution in [1.29, 1.82) is 0 Å². The Kier molecular flexibility index (Phi) is 5.75. The predicted molar refractivity (Wildman–Crippen MR) is 99.3 cm³/mol. The fraction of sp³-hybridized carbons (Fsp3) is 0.471. The molecule has 2 aliphatic heterocycles. The van der Waals surface area contributed by atoms with Crippen LogP contribution in [0, 0.1) is 0 Å². The number of esters is 1. The second-order valence-corrected chi connectivity index (χ2v) is 9.98.